The molecule has 0 fully saturated rings. The first-order valence-corrected chi connectivity index (χ1v) is 4.74. The molecule has 0 N–H and O–H groups in total. The van der Waals surface area contributed by atoms with E-state index in [1.165, 1.54) is 5.01 Å². The van der Waals surface area contributed by atoms with Crippen molar-refractivity contribution in [3.8, 4) is 0 Å². The number of anilines is 1. The van der Waals surface area contributed by atoms with Gasteiger partial charge in [0.1, 0.15) is 0 Å². The number of carbonyl (C=O) groups excluding carboxylic acids is 1. The Morgan fingerprint density at radius 2 is 2.14 bits per heavy atom. The summed E-state index contributed by atoms with van der Waals surface area (Å²) in [5, 5.41) is 6.15. The molecular formula is C9H6Cl2N2O. The SMILES string of the molecule is O=C1CC=NN1c1cc(Cl)ccc1Cl. The topological polar surface area (TPSA) is 32.7 Å². The highest BCUT2D eigenvalue weighted by molar-refractivity contribution is 6.36. The van der Waals surface area contributed by atoms with Gasteiger partial charge in [0.25, 0.3) is 5.91 Å². The molecule has 0 unspecified atom stereocenters. The molecule has 2 rings (SSSR count). The molecule has 1 aliphatic rings. The van der Waals surface area contributed by atoms with Gasteiger partial charge in [-0.2, -0.15) is 10.1 Å². The Kier molecular flexibility index (Phi) is 2.44. The first kappa shape index (κ1) is 9.49. The van der Waals surface area contributed by atoms with Crippen LogP contribution in [0.3, 0.4) is 0 Å². The predicted molar refractivity (Wildman–Crippen MR) is 57.1 cm³/mol. The van der Waals surface area contributed by atoms with Crippen molar-refractivity contribution in [1.29, 1.82) is 0 Å². The van der Waals surface area contributed by atoms with Gasteiger partial charge in [0.15, 0.2) is 0 Å². The summed E-state index contributed by atoms with van der Waals surface area (Å²) in [6, 6.07) is 4.92. The van der Waals surface area contributed by atoms with Crippen molar-refractivity contribution < 1.29 is 4.79 Å². The second-order valence-corrected chi connectivity index (χ2v) is 3.65. The Balaban J connectivity index is 2.45. The lowest BCUT2D eigenvalue weighted by atomic mass is 10.3. The fourth-order valence-corrected chi connectivity index (χ4v) is 1.56. The maximum atomic E-state index is 11.3. The first-order valence-electron chi connectivity index (χ1n) is 3.99. The molecule has 0 radical (unpaired) electrons. The van der Waals surface area contributed by atoms with Crippen LogP contribution in [-0.4, -0.2) is 12.1 Å². The molecule has 0 saturated heterocycles. The number of halogens is 2. The molecule has 72 valence electrons. The Bertz CT molecular complexity index is 417. The number of benzene rings is 1. The van der Waals surface area contributed by atoms with Crippen LogP contribution in [0.15, 0.2) is 23.3 Å². The van der Waals surface area contributed by atoms with Crippen molar-refractivity contribution in [1.82, 2.24) is 0 Å². The minimum absolute atomic E-state index is 0.103. The average Bonchev–Trinajstić information content (AvgIpc) is 2.56. The maximum Gasteiger partial charge on any atom is 0.252 e. The molecule has 5 heteroatoms. The summed E-state index contributed by atoms with van der Waals surface area (Å²) in [5.41, 5.74) is 0.526. The van der Waals surface area contributed by atoms with Crippen LogP contribution in [0.5, 0.6) is 0 Å². The number of carbonyl (C=O) groups is 1. The minimum Gasteiger partial charge on any atom is -0.272 e. The fourth-order valence-electron chi connectivity index (χ4n) is 1.20. The van der Waals surface area contributed by atoms with Gasteiger partial charge in [-0.25, -0.2) is 0 Å². The third-order valence-corrected chi connectivity index (χ3v) is 2.39. The Morgan fingerprint density at radius 1 is 1.36 bits per heavy atom. The van der Waals surface area contributed by atoms with Gasteiger partial charge in [-0.1, -0.05) is 23.2 Å². The van der Waals surface area contributed by atoms with Gasteiger partial charge in [-0.3, -0.25) is 4.79 Å². The van der Waals surface area contributed by atoms with Crippen LogP contribution in [0.1, 0.15) is 6.42 Å². The molecule has 1 aromatic rings. The van der Waals surface area contributed by atoms with Crippen LogP contribution in [0.2, 0.25) is 10.0 Å². The normalized spacial score (nSPS) is 15.3. The zero-order valence-corrected chi connectivity index (χ0v) is 8.59. The standard InChI is InChI=1S/C9H6Cl2N2O/c10-6-1-2-7(11)8(5-6)13-9(14)3-4-12-13/h1-2,4-5H,3H2. The molecular weight excluding hydrogens is 223 g/mol. The number of hydrogen-bond acceptors (Lipinski definition) is 2. The summed E-state index contributed by atoms with van der Waals surface area (Å²) in [5.74, 6) is -0.103. The second-order valence-electron chi connectivity index (χ2n) is 2.80. The van der Waals surface area contributed by atoms with Crippen LogP contribution in [0.25, 0.3) is 0 Å². The van der Waals surface area contributed by atoms with Crippen LogP contribution >= 0.6 is 23.2 Å². The van der Waals surface area contributed by atoms with Crippen molar-refractivity contribution in [2.75, 3.05) is 5.01 Å². The smallest absolute Gasteiger partial charge is 0.252 e. The van der Waals surface area contributed by atoms with Crippen LogP contribution in [-0.2, 0) is 4.79 Å². The lowest BCUT2D eigenvalue weighted by Gasteiger charge is -2.13. The third-order valence-electron chi connectivity index (χ3n) is 1.84. The van der Waals surface area contributed by atoms with Gasteiger partial charge >= 0.3 is 0 Å². The second kappa shape index (κ2) is 3.59. The van der Waals surface area contributed by atoms with Gasteiger partial charge in [0.05, 0.1) is 17.1 Å². The van der Waals surface area contributed by atoms with Gasteiger partial charge in [-0.05, 0) is 18.2 Å². The summed E-state index contributed by atoms with van der Waals surface area (Å²) in [4.78, 5) is 11.3. The van der Waals surface area contributed by atoms with E-state index in [0.717, 1.165) is 0 Å². The number of rotatable bonds is 1. The highest BCUT2D eigenvalue weighted by Gasteiger charge is 2.20. The number of nitrogens with zero attached hydrogens (tertiary/aromatic N) is 2. The number of hydrazone groups is 1. The molecule has 1 aromatic carbocycles. The van der Waals surface area contributed by atoms with Gasteiger partial charge < -0.3 is 0 Å². The van der Waals surface area contributed by atoms with Crippen molar-refractivity contribution in [2.24, 2.45) is 5.10 Å². The maximum absolute atomic E-state index is 11.3. The molecule has 0 aromatic heterocycles. The van der Waals surface area contributed by atoms with E-state index in [9.17, 15) is 4.79 Å². The Morgan fingerprint density at radius 3 is 2.79 bits per heavy atom. The summed E-state index contributed by atoms with van der Waals surface area (Å²) >= 11 is 11.7. The molecule has 0 saturated carbocycles. The monoisotopic (exact) mass is 228 g/mol. The summed E-state index contributed by atoms with van der Waals surface area (Å²) < 4.78 is 0. The van der Waals surface area contributed by atoms with E-state index in [1.807, 2.05) is 0 Å². The molecule has 0 bridgehead atoms. The minimum atomic E-state index is -0.103. The molecule has 1 aliphatic heterocycles. The molecule has 1 heterocycles. The van der Waals surface area contributed by atoms with E-state index in [-0.39, 0.29) is 5.91 Å². The molecule has 3 nitrogen and oxygen atoms in total. The quantitative estimate of drug-likeness (QED) is 0.728. The largest absolute Gasteiger partial charge is 0.272 e. The third kappa shape index (κ3) is 1.61. The first-order chi connectivity index (χ1) is 6.68. The van der Waals surface area contributed by atoms with E-state index in [0.29, 0.717) is 22.2 Å². The van der Waals surface area contributed by atoms with Gasteiger partial charge in [0.2, 0.25) is 0 Å². The van der Waals surface area contributed by atoms with Crippen molar-refractivity contribution in [3.63, 3.8) is 0 Å². The predicted octanol–water partition coefficient (Wildman–Crippen LogP) is 2.72. The zero-order chi connectivity index (χ0) is 10.1. The molecule has 14 heavy (non-hydrogen) atoms. The van der Waals surface area contributed by atoms with E-state index in [2.05, 4.69) is 5.10 Å². The van der Waals surface area contributed by atoms with Gasteiger partial charge in [0, 0.05) is 11.2 Å². The summed E-state index contributed by atoms with van der Waals surface area (Å²) in [7, 11) is 0. The van der Waals surface area contributed by atoms with E-state index >= 15 is 0 Å². The lowest BCUT2D eigenvalue weighted by Crippen LogP contribution is -2.19. The zero-order valence-electron chi connectivity index (χ0n) is 7.08. The van der Waals surface area contributed by atoms with E-state index < -0.39 is 0 Å². The van der Waals surface area contributed by atoms with Crippen molar-refractivity contribution >= 4 is 41.0 Å². The number of amides is 1. The highest BCUT2D eigenvalue weighted by atomic mass is 35.5. The lowest BCUT2D eigenvalue weighted by molar-refractivity contribution is -0.116. The molecule has 0 atom stereocenters. The van der Waals surface area contributed by atoms with Crippen molar-refractivity contribution in [2.45, 2.75) is 6.42 Å². The highest BCUT2D eigenvalue weighted by Crippen LogP contribution is 2.30. The molecule has 0 spiro atoms. The van der Waals surface area contributed by atoms with Crippen molar-refractivity contribution in [3.05, 3.63) is 28.2 Å². The Hall–Kier alpha value is -1.06. The molecule has 0 aliphatic carbocycles. The summed E-state index contributed by atoms with van der Waals surface area (Å²) in [6.07, 6.45) is 1.85. The molecule has 1 amide bonds. The van der Waals surface area contributed by atoms with Crippen LogP contribution in [0, 0.1) is 0 Å². The average molecular weight is 229 g/mol. The van der Waals surface area contributed by atoms with E-state index in [4.69, 9.17) is 23.2 Å². The fraction of sp³-hybridized carbons (Fsp3) is 0.111. The van der Waals surface area contributed by atoms with Crippen LogP contribution in [0.4, 0.5) is 5.69 Å². The Labute approximate surface area is 90.9 Å². The van der Waals surface area contributed by atoms with E-state index in [1.54, 1.807) is 24.4 Å². The van der Waals surface area contributed by atoms with Gasteiger partial charge in [-0.15, -0.1) is 0 Å². The number of hydrogen-bond donors (Lipinski definition) is 0. The van der Waals surface area contributed by atoms with Crippen LogP contribution < -0.4 is 5.01 Å². The summed E-state index contributed by atoms with van der Waals surface area (Å²) in [6.45, 7) is 0.